The van der Waals surface area contributed by atoms with Crippen molar-refractivity contribution in [2.24, 2.45) is 4.99 Å². The van der Waals surface area contributed by atoms with E-state index < -0.39 is 11.7 Å². The van der Waals surface area contributed by atoms with Gasteiger partial charge in [-0.15, -0.1) is 24.0 Å². The number of aliphatic imine (C=N–C) groups is 1. The molecule has 1 aliphatic rings. The summed E-state index contributed by atoms with van der Waals surface area (Å²) in [5.41, 5.74) is 0.880. The van der Waals surface area contributed by atoms with Crippen LogP contribution in [0.5, 0.6) is 0 Å². The van der Waals surface area contributed by atoms with Gasteiger partial charge in [0.25, 0.3) is 0 Å². The van der Waals surface area contributed by atoms with E-state index in [9.17, 15) is 4.79 Å². The first kappa shape index (κ1) is 26.5. The molecule has 1 aliphatic heterocycles. The summed E-state index contributed by atoms with van der Waals surface area (Å²) < 4.78 is 5.23. The molecular weight excluding hydrogens is 493 g/mol. The highest BCUT2D eigenvalue weighted by Crippen LogP contribution is 2.13. The maximum absolute atomic E-state index is 11.7. The number of guanidine groups is 1. The smallest absolute Gasteiger partial charge is 0.407 e. The number of likely N-dealkylation sites (tertiary alicyclic amines) is 1. The van der Waals surface area contributed by atoms with Crippen LogP contribution < -0.4 is 16.0 Å². The molecule has 1 aromatic carbocycles. The lowest BCUT2D eigenvalue weighted by Gasteiger charge is -2.33. The number of amides is 1. The molecule has 0 spiro atoms. The van der Waals surface area contributed by atoms with Gasteiger partial charge in [-0.2, -0.15) is 0 Å². The van der Waals surface area contributed by atoms with Gasteiger partial charge in [0.15, 0.2) is 5.96 Å². The van der Waals surface area contributed by atoms with E-state index in [4.69, 9.17) is 4.74 Å². The van der Waals surface area contributed by atoms with E-state index in [1.165, 1.54) is 5.56 Å². The second kappa shape index (κ2) is 13.7. The summed E-state index contributed by atoms with van der Waals surface area (Å²) in [7, 11) is 0. The first-order chi connectivity index (χ1) is 13.9. The summed E-state index contributed by atoms with van der Waals surface area (Å²) in [6.45, 7) is 12.5. The molecule has 2 rings (SSSR count). The third-order valence-corrected chi connectivity index (χ3v) is 4.57. The largest absolute Gasteiger partial charge is 0.444 e. The molecule has 1 aromatic rings. The highest BCUT2D eigenvalue weighted by molar-refractivity contribution is 14.0. The molecule has 1 heterocycles. The van der Waals surface area contributed by atoms with E-state index in [0.717, 1.165) is 45.0 Å². The van der Waals surface area contributed by atoms with Crippen LogP contribution in [-0.2, 0) is 11.3 Å². The molecule has 170 valence electrons. The van der Waals surface area contributed by atoms with Gasteiger partial charge in [0.1, 0.15) is 5.60 Å². The van der Waals surface area contributed by atoms with Crippen molar-refractivity contribution in [3.63, 3.8) is 0 Å². The Morgan fingerprint density at radius 3 is 2.43 bits per heavy atom. The van der Waals surface area contributed by atoms with Crippen LogP contribution in [0.15, 0.2) is 35.3 Å². The Labute approximate surface area is 198 Å². The molecule has 30 heavy (non-hydrogen) atoms. The van der Waals surface area contributed by atoms with Gasteiger partial charge in [-0.25, -0.2) is 4.79 Å². The number of rotatable bonds is 7. The van der Waals surface area contributed by atoms with E-state index in [1.54, 1.807) is 0 Å². The SMILES string of the molecule is CCNC(=NCCNC(=O)OC(C)(C)C)NC1CCN(Cc2ccccc2)CC1.I. The Balaban J connectivity index is 0.00000450. The summed E-state index contributed by atoms with van der Waals surface area (Å²) in [6, 6.07) is 11.0. The number of ether oxygens (including phenoxy) is 1. The molecular formula is C22H38IN5O2. The zero-order valence-corrected chi connectivity index (χ0v) is 21.1. The second-order valence-corrected chi connectivity index (χ2v) is 8.37. The lowest BCUT2D eigenvalue weighted by Crippen LogP contribution is -2.48. The van der Waals surface area contributed by atoms with Gasteiger partial charge < -0.3 is 20.7 Å². The fraction of sp³-hybridized carbons (Fsp3) is 0.636. The molecule has 0 aromatic heterocycles. The topological polar surface area (TPSA) is 78.0 Å². The molecule has 0 bridgehead atoms. The van der Waals surface area contributed by atoms with Crippen LogP contribution in [0.4, 0.5) is 4.79 Å². The summed E-state index contributed by atoms with van der Waals surface area (Å²) in [5, 5.41) is 9.56. The number of piperidine rings is 1. The van der Waals surface area contributed by atoms with E-state index in [1.807, 2.05) is 20.8 Å². The normalized spacial score (nSPS) is 15.8. The number of benzene rings is 1. The van der Waals surface area contributed by atoms with Gasteiger partial charge in [0.05, 0.1) is 6.54 Å². The van der Waals surface area contributed by atoms with Crippen LogP contribution in [0.1, 0.15) is 46.1 Å². The molecule has 3 N–H and O–H groups in total. The lowest BCUT2D eigenvalue weighted by atomic mass is 10.0. The molecule has 0 aliphatic carbocycles. The van der Waals surface area contributed by atoms with Crippen molar-refractivity contribution < 1.29 is 9.53 Å². The Kier molecular flexibility index (Phi) is 12.1. The molecule has 1 saturated heterocycles. The first-order valence-corrected chi connectivity index (χ1v) is 10.6. The monoisotopic (exact) mass is 531 g/mol. The molecule has 1 amide bonds. The first-order valence-electron chi connectivity index (χ1n) is 10.6. The number of carbonyl (C=O) groups is 1. The Bertz CT molecular complexity index is 641. The third kappa shape index (κ3) is 11.0. The molecule has 0 unspecified atom stereocenters. The number of nitrogens with zero attached hydrogens (tertiary/aromatic N) is 2. The summed E-state index contributed by atoms with van der Waals surface area (Å²) in [6.07, 6.45) is 1.78. The van der Waals surface area contributed by atoms with Crippen molar-refractivity contribution in [1.29, 1.82) is 0 Å². The van der Waals surface area contributed by atoms with Crippen molar-refractivity contribution in [3.05, 3.63) is 35.9 Å². The van der Waals surface area contributed by atoms with E-state index in [-0.39, 0.29) is 24.0 Å². The molecule has 1 fully saturated rings. The van der Waals surface area contributed by atoms with Crippen LogP contribution in [0, 0.1) is 0 Å². The Morgan fingerprint density at radius 1 is 1.17 bits per heavy atom. The van der Waals surface area contributed by atoms with E-state index >= 15 is 0 Å². The number of alkyl carbamates (subject to hydrolysis) is 1. The highest BCUT2D eigenvalue weighted by Gasteiger charge is 2.20. The fourth-order valence-electron chi connectivity index (χ4n) is 3.23. The number of carbonyl (C=O) groups excluding carboxylic acids is 1. The van der Waals surface area contributed by atoms with Crippen LogP contribution in [0.2, 0.25) is 0 Å². The van der Waals surface area contributed by atoms with Crippen molar-refractivity contribution in [3.8, 4) is 0 Å². The molecule has 0 radical (unpaired) electrons. The van der Waals surface area contributed by atoms with Crippen LogP contribution in [0.3, 0.4) is 0 Å². The summed E-state index contributed by atoms with van der Waals surface area (Å²) in [4.78, 5) is 18.8. The maximum atomic E-state index is 11.7. The van der Waals surface area contributed by atoms with E-state index in [2.05, 4.69) is 63.1 Å². The second-order valence-electron chi connectivity index (χ2n) is 8.37. The standard InChI is InChI=1S/C22H37N5O2.HI/c1-5-23-20(24-13-14-25-21(28)29-22(2,3)4)26-19-11-15-27(16-12-19)17-18-9-7-6-8-10-18;/h6-10,19H,5,11-17H2,1-4H3,(H,25,28)(H2,23,24,26);1H. The van der Waals surface area contributed by atoms with Gasteiger partial charge in [-0.05, 0) is 46.1 Å². The average Bonchev–Trinajstić information content (AvgIpc) is 2.66. The Morgan fingerprint density at radius 2 is 1.83 bits per heavy atom. The molecule has 0 atom stereocenters. The maximum Gasteiger partial charge on any atom is 0.407 e. The Hall–Kier alpha value is -1.55. The zero-order chi connectivity index (χ0) is 21.1. The molecule has 0 saturated carbocycles. The van der Waals surface area contributed by atoms with Crippen LogP contribution >= 0.6 is 24.0 Å². The average molecular weight is 531 g/mol. The number of nitrogens with one attached hydrogen (secondary N) is 3. The van der Waals surface area contributed by atoms with Crippen molar-refractivity contribution >= 4 is 36.0 Å². The minimum atomic E-state index is -0.487. The van der Waals surface area contributed by atoms with Gasteiger partial charge in [0, 0.05) is 38.8 Å². The highest BCUT2D eigenvalue weighted by atomic mass is 127. The van der Waals surface area contributed by atoms with E-state index in [0.29, 0.717) is 19.1 Å². The zero-order valence-electron chi connectivity index (χ0n) is 18.7. The fourth-order valence-corrected chi connectivity index (χ4v) is 3.23. The number of hydrogen-bond donors (Lipinski definition) is 3. The minimum Gasteiger partial charge on any atom is -0.444 e. The number of halogens is 1. The van der Waals surface area contributed by atoms with Crippen LogP contribution in [0.25, 0.3) is 0 Å². The minimum absolute atomic E-state index is 0. The predicted octanol–water partition coefficient (Wildman–Crippen LogP) is 3.35. The van der Waals surface area contributed by atoms with Gasteiger partial charge >= 0.3 is 6.09 Å². The number of hydrogen-bond acceptors (Lipinski definition) is 4. The molecule has 7 nitrogen and oxygen atoms in total. The van der Waals surface area contributed by atoms with Crippen LogP contribution in [-0.4, -0.2) is 61.3 Å². The quantitative estimate of drug-likeness (QED) is 0.218. The molecule has 8 heteroatoms. The van der Waals surface area contributed by atoms with Gasteiger partial charge in [-0.1, -0.05) is 30.3 Å². The van der Waals surface area contributed by atoms with Gasteiger partial charge in [0.2, 0.25) is 0 Å². The van der Waals surface area contributed by atoms with Crippen molar-refractivity contribution in [2.75, 3.05) is 32.7 Å². The van der Waals surface area contributed by atoms with Crippen molar-refractivity contribution in [2.45, 2.75) is 58.7 Å². The summed E-state index contributed by atoms with van der Waals surface area (Å²) >= 11 is 0. The lowest BCUT2D eigenvalue weighted by molar-refractivity contribution is 0.0529. The third-order valence-electron chi connectivity index (χ3n) is 4.57. The van der Waals surface area contributed by atoms with Gasteiger partial charge in [-0.3, -0.25) is 9.89 Å². The van der Waals surface area contributed by atoms with Crippen molar-refractivity contribution in [1.82, 2.24) is 20.9 Å². The summed E-state index contributed by atoms with van der Waals surface area (Å²) in [5.74, 6) is 0.806. The predicted molar refractivity (Wildman–Crippen MR) is 134 cm³/mol.